The summed E-state index contributed by atoms with van der Waals surface area (Å²) in [6.07, 6.45) is 2.48. The summed E-state index contributed by atoms with van der Waals surface area (Å²) in [5, 5.41) is 6.90. The molecule has 8 nitrogen and oxygen atoms in total. The molecule has 2 aromatic heterocycles. The van der Waals surface area contributed by atoms with Gasteiger partial charge in [-0.05, 0) is 38.0 Å². The van der Waals surface area contributed by atoms with E-state index in [1.165, 1.54) is 14.0 Å². The van der Waals surface area contributed by atoms with Crippen molar-refractivity contribution >= 4 is 34.3 Å². The lowest BCUT2D eigenvalue weighted by Gasteiger charge is -2.17. The second kappa shape index (κ2) is 9.51. The Kier molecular flexibility index (Phi) is 6.79. The first-order chi connectivity index (χ1) is 14.9. The Balaban J connectivity index is 1.97. The molecule has 0 radical (unpaired) electrons. The Bertz CT molecular complexity index is 1110. The number of hydrogen-bond donors (Lipinski definition) is 2. The van der Waals surface area contributed by atoms with Crippen molar-refractivity contribution in [3.63, 3.8) is 0 Å². The number of para-hydroxylation sites is 1. The van der Waals surface area contributed by atoms with Gasteiger partial charge >= 0.3 is 5.97 Å². The van der Waals surface area contributed by atoms with Gasteiger partial charge in [-0.25, -0.2) is 9.78 Å². The van der Waals surface area contributed by atoms with E-state index in [0.29, 0.717) is 23.3 Å². The fourth-order valence-electron chi connectivity index (χ4n) is 3.76. The Labute approximate surface area is 181 Å². The number of hydrogen-bond acceptors (Lipinski definition) is 6. The number of nitrogens with zero attached hydrogens (tertiary/aromatic N) is 2. The second-order valence-electron chi connectivity index (χ2n) is 7.30. The van der Waals surface area contributed by atoms with Gasteiger partial charge in [0.25, 0.3) is 0 Å². The van der Waals surface area contributed by atoms with Crippen molar-refractivity contribution in [1.29, 1.82) is 0 Å². The fourth-order valence-corrected chi connectivity index (χ4v) is 3.76. The molecule has 3 aromatic rings. The smallest absolute Gasteiger partial charge is 0.356 e. The number of nitrogens with one attached hydrogen (secondary N) is 2. The number of aryl methyl sites for hydroxylation is 1. The highest BCUT2D eigenvalue weighted by Gasteiger charge is 2.25. The largest absolute Gasteiger partial charge is 0.496 e. The summed E-state index contributed by atoms with van der Waals surface area (Å²) in [5.41, 5.74) is 3.18. The van der Waals surface area contributed by atoms with Crippen LogP contribution >= 0.6 is 0 Å². The van der Waals surface area contributed by atoms with E-state index in [-0.39, 0.29) is 17.6 Å². The fraction of sp³-hybridized carbons (Fsp3) is 0.348. The average molecular weight is 425 g/mol. The molecule has 0 unspecified atom stereocenters. The lowest BCUT2D eigenvalue weighted by Crippen LogP contribution is -2.18. The predicted molar refractivity (Wildman–Crippen MR) is 121 cm³/mol. The van der Waals surface area contributed by atoms with Crippen LogP contribution in [0.2, 0.25) is 0 Å². The predicted octanol–water partition coefficient (Wildman–Crippen LogP) is 3.85. The molecular formula is C23H28N4O4. The molecular weight excluding hydrogens is 396 g/mol. The molecule has 1 atom stereocenters. The first-order valence-corrected chi connectivity index (χ1v) is 10.2. The van der Waals surface area contributed by atoms with E-state index in [1.54, 1.807) is 17.9 Å². The van der Waals surface area contributed by atoms with Crippen LogP contribution in [-0.4, -0.2) is 41.7 Å². The standard InChI is InChI=1S/C23H28N4O4/c1-6-27-21(23(29)31-5)20(26-15(3)28)18-12-17(13-24-22(18)27)25-14(2)11-16-9-7-8-10-19(16)30-4/h7-10,12-14,25H,6,11H2,1-5H3,(H,26,28)/t14-/m1/s1. The van der Waals surface area contributed by atoms with Gasteiger partial charge in [-0.3, -0.25) is 4.79 Å². The Morgan fingerprint density at radius 1 is 1.23 bits per heavy atom. The zero-order chi connectivity index (χ0) is 22.5. The van der Waals surface area contributed by atoms with Crippen LogP contribution < -0.4 is 15.4 Å². The number of carbonyl (C=O) groups is 2. The van der Waals surface area contributed by atoms with Crippen molar-refractivity contribution in [3.8, 4) is 5.75 Å². The van der Waals surface area contributed by atoms with Gasteiger partial charge in [0.2, 0.25) is 5.91 Å². The number of amides is 1. The minimum Gasteiger partial charge on any atom is -0.496 e. The first kappa shape index (κ1) is 22.1. The molecule has 1 amide bonds. The van der Waals surface area contributed by atoms with Crippen LogP contribution in [0.1, 0.15) is 36.8 Å². The minimum atomic E-state index is -0.525. The quantitative estimate of drug-likeness (QED) is 0.534. The highest BCUT2D eigenvalue weighted by atomic mass is 16.5. The third-order valence-corrected chi connectivity index (χ3v) is 5.03. The highest BCUT2D eigenvalue weighted by Crippen LogP contribution is 2.33. The van der Waals surface area contributed by atoms with Crippen molar-refractivity contribution in [1.82, 2.24) is 9.55 Å². The number of rotatable bonds is 8. The molecule has 164 valence electrons. The number of benzene rings is 1. The summed E-state index contributed by atoms with van der Waals surface area (Å²) >= 11 is 0. The number of ether oxygens (including phenoxy) is 2. The van der Waals surface area contributed by atoms with Crippen molar-refractivity contribution in [2.24, 2.45) is 0 Å². The lowest BCUT2D eigenvalue weighted by molar-refractivity contribution is -0.114. The highest BCUT2D eigenvalue weighted by molar-refractivity contribution is 6.10. The molecule has 31 heavy (non-hydrogen) atoms. The van der Waals surface area contributed by atoms with Crippen LogP contribution in [0.25, 0.3) is 11.0 Å². The molecule has 0 saturated carbocycles. The molecule has 0 aliphatic carbocycles. The summed E-state index contributed by atoms with van der Waals surface area (Å²) in [6.45, 7) is 5.89. The third kappa shape index (κ3) is 4.63. The molecule has 0 aliphatic heterocycles. The molecule has 0 fully saturated rings. The summed E-state index contributed by atoms with van der Waals surface area (Å²) in [5.74, 6) is 0.0475. The number of pyridine rings is 1. The molecule has 0 saturated heterocycles. The van der Waals surface area contributed by atoms with E-state index in [9.17, 15) is 9.59 Å². The topological polar surface area (TPSA) is 94.5 Å². The van der Waals surface area contributed by atoms with Crippen molar-refractivity contribution in [2.75, 3.05) is 24.9 Å². The zero-order valence-electron chi connectivity index (χ0n) is 18.5. The third-order valence-electron chi connectivity index (χ3n) is 5.03. The SMILES string of the molecule is CCn1c(C(=O)OC)c(NC(C)=O)c2cc(N[C@H](C)Cc3ccccc3OC)cnc21. The molecule has 0 spiro atoms. The van der Waals surface area contributed by atoms with Gasteiger partial charge in [-0.15, -0.1) is 0 Å². The number of carbonyl (C=O) groups excluding carboxylic acids is 2. The summed E-state index contributed by atoms with van der Waals surface area (Å²) in [4.78, 5) is 28.8. The van der Waals surface area contributed by atoms with E-state index in [0.717, 1.165) is 23.4 Å². The molecule has 2 N–H and O–H groups in total. The van der Waals surface area contributed by atoms with Crippen LogP contribution in [0, 0.1) is 0 Å². The number of aromatic nitrogens is 2. The van der Waals surface area contributed by atoms with Crippen molar-refractivity contribution < 1.29 is 19.1 Å². The molecule has 0 bridgehead atoms. The number of anilines is 2. The maximum Gasteiger partial charge on any atom is 0.356 e. The molecule has 0 aliphatic rings. The van der Waals surface area contributed by atoms with E-state index < -0.39 is 5.97 Å². The zero-order valence-corrected chi connectivity index (χ0v) is 18.5. The Morgan fingerprint density at radius 2 is 1.97 bits per heavy atom. The van der Waals surface area contributed by atoms with Gasteiger partial charge in [-0.1, -0.05) is 18.2 Å². The van der Waals surface area contributed by atoms with E-state index in [2.05, 4.69) is 22.5 Å². The maximum atomic E-state index is 12.4. The average Bonchev–Trinajstić information content (AvgIpc) is 3.05. The lowest BCUT2D eigenvalue weighted by atomic mass is 10.1. The van der Waals surface area contributed by atoms with E-state index in [4.69, 9.17) is 9.47 Å². The van der Waals surface area contributed by atoms with Crippen molar-refractivity contribution in [3.05, 3.63) is 47.8 Å². The monoisotopic (exact) mass is 424 g/mol. The number of methoxy groups -OCH3 is 2. The molecule has 1 aromatic carbocycles. The minimum absolute atomic E-state index is 0.0908. The molecule has 3 rings (SSSR count). The summed E-state index contributed by atoms with van der Waals surface area (Å²) < 4.78 is 12.1. The normalized spacial score (nSPS) is 11.8. The van der Waals surface area contributed by atoms with Gasteiger partial charge in [0.1, 0.15) is 11.4 Å². The van der Waals surface area contributed by atoms with Gasteiger partial charge in [0, 0.05) is 24.9 Å². The van der Waals surface area contributed by atoms with Gasteiger partial charge < -0.3 is 24.7 Å². The summed E-state index contributed by atoms with van der Waals surface area (Å²) in [7, 11) is 2.98. The van der Waals surface area contributed by atoms with Crippen LogP contribution in [0.3, 0.4) is 0 Å². The van der Waals surface area contributed by atoms with E-state index >= 15 is 0 Å². The van der Waals surface area contributed by atoms with Gasteiger partial charge in [0.15, 0.2) is 5.69 Å². The summed E-state index contributed by atoms with van der Waals surface area (Å²) in [6, 6.07) is 9.89. The van der Waals surface area contributed by atoms with Crippen LogP contribution in [0.4, 0.5) is 11.4 Å². The first-order valence-electron chi connectivity index (χ1n) is 10.2. The number of fused-ring (bicyclic) bond motifs is 1. The van der Waals surface area contributed by atoms with Gasteiger partial charge in [-0.2, -0.15) is 0 Å². The second-order valence-corrected chi connectivity index (χ2v) is 7.30. The van der Waals surface area contributed by atoms with Crippen LogP contribution in [0.5, 0.6) is 5.75 Å². The Hall–Kier alpha value is -3.55. The molecule has 8 heteroatoms. The van der Waals surface area contributed by atoms with Crippen LogP contribution in [0.15, 0.2) is 36.5 Å². The Morgan fingerprint density at radius 3 is 2.61 bits per heavy atom. The van der Waals surface area contributed by atoms with Gasteiger partial charge in [0.05, 0.1) is 31.8 Å². The van der Waals surface area contributed by atoms with Crippen molar-refractivity contribution in [2.45, 2.75) is 39.8 Å². The maximum absolute atomic E-state index is 12.4. The van der Waals surface area contributed by atoms with Crippen LogP contribution in [-0.2, 0) is 22.5 Å². The molecule has 2 heterocycles. The van der Waals surface area contributed by atoms with E-state index in [1.807, 2.05) is 37.3 Å². The number of esters is 1.